The Kier molecular flexibility index (Phi) is 3.87. The maximum Gasteiger partial charge on any atom is 0.269 e. The van der Waals surface area contributed by atoms with E-state index in [0.29, 0.717) is 17.7 Å². The molecule has 0 spiro atoms. The minimum atomic E-state index is -0.478. The second-order valence-electron chi connectivity index (χ2n) is 5.26. The highest BCUT2D eigenvalue weighted by Gasteiger charge is 2.15. The fourth-order valence-electron chi connectivity index (χ4n) is 2.56. The number of nitrogens with zero attached hydrogens (tertiary/aromatic N) is 1. The third kappa shape index (κ3) is 2.83. The van der Waals surface area contributed by atoms with Crippen LogP contribution in [0.4, 0.5) is 5.69 Å². The average molecular weight is 297 g/mol. The molecule has 5 nitrogen and oxygen atoms in total. The first-order valence-electron chi connectivity index (χ1n) is 7.20. The molecule has 2 aromatic rings. The van der Waals surface area contributed by atoms with Gasteiger partial charge in [0.1, 0.15) is 5.75 Å². The average Bonchev–Trinajstić information content (AvgIpc) is 2.78. The number of non-ortho nitro benzene ring substituents is 1. The number of nitro benzene ring substituents is 1. The zero-order chi connectivity index (χ0) is 15.5. The van der Waals surface area contributed by atoms with Crippen molar-refractivity contribution in [3.63, 3.8) is 0 Å². The summed E-state index contributed by atoms with van der Waals surface area (Å²) in [4.78, 5) is 22.7. The molecule has 0 atom stereocenters. The van der Waals surface area contributed by atoms with Gasteiger partial charge in [-0.25, -0.2) is 0 Å². The van der Waals surface area contributed by atoms with Crippen LogP contribution in [0.5, 0.6) is 5.75 Å². The van der Waals surface area contributed by atoms with Gasteiger partial charge in [-0.1, -0.05) is 0 Å². The van der Waals surface area contributed by atoms with Crippen LogP contribution in [0.2, 0.25) is 0 Å². The molecule has 0 unspecified atom stereocenters. The van der Waals surface area contributed by atoms with Crippen LogP contribution in [0, 0.1) is 10.1 Å². The van der Waals surface area contributed by atoms with Crippen molar-refractivity contribution in [2.45, 2.75) is 19.3 Å². The topological polar surface area (TPSA) is 69.4 Å². The Bertz CT molecular complexity index is 722. The quantitative estimate of drug-likeness (QED) is 0.493. The molecule has 5 heteroatoms. The molecule has 22 heavy (non-hydrogen) atoms. The van der Waals surface area contributed by atoms with Crippen LogP contribution in [-0.4, -0.2) is 17.3 Å². The van der Waals surface area contributed by atoms with Crippen molar-refractivity contribution < 1.29 is 14.5 Å². The zero-order valence-electron chi connectivity index (χ0n) is 12.0. The standard InChI is InChI=1S/C17H15NO4/c19-17(12-4-7-15(8-5-12)18(20)21)14-6-9-16-13(11-14)3-1-2-10-22-16/h4-9,11H,1-3,10H2. The highest BCUT2D eigenvalue weighted by molar-refractivity contribution is 6.09. The van der Waals surface area contributed by atoms with Crippen molar-refractivity contribution >= 4 is 11.5 Å². The molecule has 1 heterocycles. The molecule has 0 bridgehead atoms. The first kappa shape index (κ1) is 14.3. The van der Waals surface area contributed by atoms with E-state index in [1.165, 1.54) is 24.3 Å². The van der Waals surface area contributed by atoms with Crippen molar-refractivity contribution in [1.29, 1.82) is 0 Å². The largest absolute Gasteiger partial charge is 0.493 e. The number of hydrogen-bond donors (Lipinski definition) is 0. The van der Waals surface area contributed by atoms with E-state index in [4.69, 9.17) is 4.74 Å². The number of carbonyl (C=O) groups is 1. The summed E-state index contributed by atoms with van der Waals surface area (Å²) in [5.74, 6) is 0.708. The molecule has 0 N–H and O–H groups in total. The van der Waals surface area contributed by atoms with E-state index in [1.807, 2.05) is 12.1 Å². The van der Waals surface area contributed by atoms with Gasteiger partial charge in [0.05, 0.1) is 11.5 Å². The highest BCUT2D eigenvalue weighted by atomic mass is 16.6. The molecule has 1 aliphatic rings. The molecular formula is C17H15NO4. The van der Waals surface area contributed by atoms with Gasteiger partial charge < -0.3 is 4.74 Å². The Morgan fingerprint density at radius 3 is 2.50 bits per heavy atom. The number of fused-ring (bicyclic) bond motifs is 1. The van der Waals surface area contributed by atoms with E-state index in [-0.39, 0.29) is 11.5 Å². The molecule has 0 saturated heterocycles. The monoisotopic (exact) mass is 297 g/mol. The fourth-order valence-corrected chi connectivity index (χ4v) is 2.56. The number of aryl methyl sites for hydroxylation is 1. The first-order valence-corrected chi connectivity index (χ1v) is 7.20. The maximum atomic E-state index is 12.5. The second kappa shape index (κ2) is 5.97. The molecule has 112 valence electrons. The van der Waals surface area contributed by atoms with Crippen molar-refractivity contribution in [2.75, 3.05) is 6.61 Å². The van der Waals surface area contributed by atoms with E-state index in [2.05, 4.69) is 0 Å². The van der Waals surface area contributed by atoms with Gasteiger partial charge in [0.2, 0.25) is 0 Å². The van der Waals surface area contributed by atoms with Gasteiger partial charge in [-0.15, -0.1) is 0 Å². The summed E-state index contributed by atoms with van der Waals surface area (Å²) in [6.45, 7) is 0.711. The predicted molar refractivity (Wildman–Crippen MR) is 81.4 cm³/mol. The van der Waals surface area contributed by atoms with Crippen LogP contribution in [-0.2, 0) is 6.42 Å². The van der Waals surface area contributed by atoms with Crippen molar-refractivity contribution in [3.05, 3.63) is 69.3 Å². The number of benzene rings is 2. The molecule has 3 rings (SSSR count). The molecule has 0 aromatic heterocycles. The smallest absolute Gasteiger partial charge is 0.269 e. The number of ether oxygens (including phenoxy) is 1. The molecule has 0 amide bonds. The Balaban J connectivity index is 1.88. The van der Waals surface area contributed by atoms with Crippen LogP contribution in [0.25, 0.3) is 0 Å². The molecule has 0 fully saturated rings. The lowest BCUT2D eigenvalue weighted by Crippen LogP contribution is -2.03. The van der Waals surface area contributed by atoms with E-state index in [0.717, 1.165) is 30.6 Å². The van der Waals surface area contributed by atoms with E-state index < -0.39 is 4.92 Å². The maximum absolute atomic E-state index is 12.5. The summed E-state index contributed by atoms with van der Waals surface area (Å²) in [6.07, 6.45) is 2.96. The minimum Gasteiger partial charge on any atom is -0.493 e. The van der Waals surface area contributed by atoms with E-state index >= 15 is 0 Å². The summed E-state index contributed by atoms with van der Waals surface area (Å²) >= 11 is 0. The Morgan fingerprint density at radius 2 is 1.77 bits per heavy atom. The summed E-state index contributed by atoms with van der Waals surface area (Å²) in [5.41, 5.74) is 2.05. The molecule has 0 aliphatic carbocycles. The van der Waals surface area contributed by atoms with Crippen LogP contribution in [0.1, 0.15) is 34.3 Å². The first-order chi connectivity index (χ1) is 10.6. The van der Waals surface area contributed by atoms with Gasteiger partial charge in [-0.3, -0.25) is 14.9 Å². The Morgan fingerprint density at radius 1 is 1.05 bits per heavy atom. The number of rotatable bonds is 3. The molecule has 2 aromatic carbocycles. The molecule has 0 radical (unpaired) electrons. The van der Waals surface area contributed by atoms with Gasteiger partial charge in [0, 0.05) is 23.3 Å². The van der Waals surface area contributed by atoms with Gasteiger partial charge in [0.25, 0.3) is 5.69 Å². The normalized spacial score (nSPS) is 13.6. The lowest BCUT2D eigenvalue weighted by Gasteiger charge is -2.09. The van der Waals surface area contributed by atoms with Crippen molar-refractivity contribution in [1.82, 2.24) is 0 Å². The van der Waals surface area contributed by atoms with Crippen LogP contribution < -0.4 is 4.74 Å². The fraction of sp³-hybridized carbons (Fsp3) is 0.235. The molecule has 0 saturated carbocycles. The second-order valence-corrected chi connectivity index (χ2v) is 5.26. The minimum absolute atomic E-state index is 0.0214. The third-order valence-corrected chi connectivity index (χ3v) is 3.76. The summed E-state index contributed by atoms with van der Waals surface area (Å²) in [7, 11) is 0. The predicted octanol–water partition coefficient (Wildman–Crippen LogP) is 3.54. The zero-order valence-corrected chi connectivity index (χ0v) is 12.0. The van der Waals surface area contributed by atoms with Gasteiger partial charge >= 0.3 is 0 Å². The lowest BCUT2D eigenvalue weighted by molar-refractivity contribution is -0.384. The Labute approximate surface area is 127 Å². The third-order valence-electron chi connectivity index (χ3n) is 3.76. The SMILES string of the molecule is O=C(c1ccc([N+](=O)[O-])cc1)c1ccc2c(c1)CCCCO2. The summed E-state index contributed by atoms with van der Waals surface area (Å²) in [6, 6.07) is 11.1. The number of hydrogen-bond acceptors (Lipinski definition) is 4. The highest BCUT2D eigenvalue weighted by Crippen LogP contribution is 2.26. The lowest BCUT2D eigenvalue weighted by atomic mass is 9.99. The van der Waals surface area contributed by atoms with Crippen LogP contribution >= 0.6 is 0 Å². The Hall–Kier alpha value is -2.69. The molecule has 1 aliphatic heterocycles. The number of nitro groups is 1. The van der Waals surface area contributed by atoms with Crippen molar-refractivity contribution in [3.8, 4) is 5.75 Å². The van der Waals surface area contributed by atoms with Gasteiger partial charge in [-0.05, 0) is 55.2 Å². The number of ketones is 1. The number of carbonyl (C=O) groups excluding carboxylic acids is 1. The van der Waals surface area contributed by atoms with E-state index in [1.54, 1.807) is 6.07 Å². The van der Waals surface area contributed by atoms with Gasteiger partial charge in [0.15, 0.2) is 5.78 Å². The van der Waals surface area contributed by atoms with Gasteiger partial charge in [-0.2, -0.15) is 0 Å². The van der Waals surface area contributed by atoms with Crippen LogP contribution in [0.3, 0.4) is 0 Å². The van der Waals surface area contributed by atoms with Crippen LogP contribution in [0.15, 0.2) is 42.5 Å². The molecular weight excluding hydrogens is 282 g/mol. The van der Waals surface area contributed by atoms with E-state index in [9.17, 15) is 14.9 Å². The summed E-state index contributed by atoms with van der Waals surface area (Å²) in [5, 5.41) is 10.7. The summed E-state index contributed by atoms with van der Waals surface area (Å²) < 4.78 is 5.64. The van der Waals surface area contributed by atoms with Crippen molar-refractivity contribution in [2.24, 2.45) is 0 Å².